The van der Waals surface area contributed by atoms with Gasteiger partial charge in [0.15, 0.2) is 11.5 Å². The van der Waals surface area contributed by atoms with Crippen LogP contribution in [0.4, 0.5) is 0 Å². The zero-order valence-electron chi connectivity index (χ0n) is 14.6. The van der Waals surface area contributed by atoms with Crippen molar-refractivity contribution in [3.63, 3.8) is 0 Å². The van der Waals surface area contributed by atoms with Crippen LogP contribution in [0.3, 0.4) is 0 Å². The molecular weight excluding hydrogens is 354 g/mol. The van der Waals surface area contributed by atoms with Crippen LogP contribution >= 0.6 is 11.8 Å². The van der Waals surface area contributed by atoms with Crippen molar-refractivity contribution in [2.75, 3.05) is 5.75 Å². The Balaban J connectivity index is 2.14. The minimum atomic E-state index is -1.35. The molecule has 26 heavy (non-hydrogen) atoms. The summed E-state index contributed by atoms with van der Waals surface area (Å²) in [6, 6.07) is 9.81. The van der Waals surface area contributed by atoms with Gasteiger partial charge in [-0.3, -0.25) is 9.59 Å². The van der Waals surface area contributed by atoms with Gasteiger partial charge < -0.3 is 19.6 Å². The normalized spacial score (nSPS) is 13.0. The predicted octanol–water partition coefficient (Wildman–Crippen LogP) is 1.89. The third kappa shape index (κ3) is 5.77. The average Bonchev–Trinajstić information content (AvgIpc) is 3.12. The number of carbonyl (C=O) groups excluding carboxylic acids is 3. The smallest absolute Gasteiger partial charge is 0.217 e. The lowest BCUT2D eigenvalue weighted by Gasteiger charge is -2.22. The first kappa shape index (κ1) is 19.8. The highest BCUT2D eigenvalue weighted by molar-refractivity contribution is 7.99. The maximum absolute atomic E-state index is 12.4. The van der Waals surface area contributed by atoms with Gasteiger partial charge in [-0.15, -0.1) is 0 Å². The van der Waals surface area contributed by atoms with E-state index in [1.54, 1.807) is 12.1 Å². The number of furan rings is 1. The number of thioether (sulfide) groups is 1. The van der Waals surface area contributed by atoms with Gasteiger partial charge in [-0.2, -0.15) is 11.8 Å². The second-order valence-corrected chi connectivity index (χ2v) is 7.15. The number of aryl methyl sites for hydroxylation is 1. The summed E-state index contributed by atoms with van der Waals surface area (Å²) in [5.74, 6) is -1.61. The molecule has 138 valence electrons. The van der Waals surface area contributed by atoms with Gasteiger partial charge in [0.2, 0.25) is 5.91 Å². The highest BCUT2D eigenvalue weighted by Crippen LogP contribution is 2.34. The molecule has 0 spiro atoms. The number of carboxylic acids is 1. The lowest BCUT2D eigenvalue weighted by Crippen LogP contribution is -2.48. The number of rotatable bonds is 9. The van der Waals surface area contributed by atoms with Crippen molar-refractivity contribution in [3.8, 4) is 0 Å². The fourth-order valence-electron chi connectivity index (χ4n) is 2.39. The molecule has 1 N–H and O–H groups in total. The third-order valence-electron chi connectivity index (χ3n) is 3.74. The summed E-state index contributed by atoms with van der Waals surface area (Å²) in [6.45, 7) is 3.21. The second kappa shape index (κ2) is 9.24. The summed E-state index contributed by atoms with van der Waals surface area (Å²) >= 11 is 1.29. The minimum Gasteiger partial charge on any atom is -0.548 e. The maximum Gasteiger partial charge on any atom is 0.217 e. The molecule has 0 bridgehead atoms. The maximum atomic E-state index is 12.4. The first-order valence-electron chi connectivity index (χ1n) is 8.09. The highest BCUT2D eigenvalue weighted by atomic mass is 32.2. The summed E-state index contributed by atoms with van der Waals surface area (Å²) in [5.41, 5.74) is 1.99. The SMILES string of the molecule is CC(=O)N[C@H](CS[C@@H](CC(=O)c1ccco1)c1ccc(C)cc1)C(=O)[O-]. The Kier molecular flexibility index (Phi) is 7.03. The molecule has 0 aliphatic heterocycles. The Morgan fingerprint density at radius 1 is 1.19 bits per heavy atom. The zero-order chi connectivity index (χ0) is 19.1. The number of ketones is 1. The molecule has 6 nitrogen and oxygen atoms in total. The van der Waals surface area contributed by atoms with Crippen LogP contribution in [0, 0.1) is 6.92 Å². The van der Waals surface area contributed by atoms with Gasteiger partial charge in [-0.1, -0.05) is 29.8 Å². The van der Waals surface area contributed by atoms with Crippen LogP contribution in [0.2, 0.25) is 0 Å². The van der Waals surface area contributed by atoms with Crippen molar-refractivity contribution in [2.45, 2.75) is 31.6 Å². The van der Waals surface area contributed by atoms with Crippen molar-refractivity contribution in [1.82, 2.24) is 5.32 Å². The van der Waals surface area contributed by atoms with Crippen LogP contribution in [0.15, 0.2) is 47.1 Å². The molecule has 1 aromatic heterocycles. The summed E-state index contributed by atoms with van der Waals surface area (Å²) in [5, 5.41) is 13.3. The van der Waals surface area contributed by atoms with Crippen molar-refractivity contribution >= 4 is 29.4 Å². The molecule has 2 aromatic rings. The number of nitrogens with one attached hydrogen (secondary N) is 1. The third-order valence-corrected chi connectivity index (χ3v) is 5.11. The van der Waals surface area contributed by atoms with Crippen LogP contribution < -0.4 is 10.4 Å². The summed E-state index contributed by atoms with van der Waals surface area (Å²) in [7, 11) is 0. The van der Waals surface area contributed by atoms with Crippen molar-refractivity contribution in [3.05, 3.63) is 59.5 Å². The van der Waals surface area contributed by atoms with E-state index >= 15 is 0 Å². The van der Waals surface area contributed by atoms with Crippen molar-refractivity contribution < 1.29 is 23.9 Å². The van der Waals surface area contributed by atoms with E-state index in [4.69, 9.17) is 4.42 Å². The molecule has 1 aromatic carbocycles. The number of carboxylic acid groups (broad SMARTS) is 1. The quantitative estimate of drug-likeness (QED) is 0.673. The van der Waals surface area contributed by atoms with Crippen LogP contribution in [0.5, 0.6) is 0 Å². The van der Waals surface area contributed by atoms with E-state index in [2.05, 4.69) is 5.32 Å². The summed E-state index contributed by atoms with van der Waals surface area (Å²) in [6.07, 6.45) is 1.59. The fraction of sp³-hybridized carbons (Fsp3) is 0.316. The van der Waals surface area contributed by atoms with Crippen LogP contribution in [0.1, 0.15) is 40.3 Å². The first-order valence-corrected chi connectivity index (χ1v) is 9.14. The number of carbonyl (C=O) groups is 3. The Hall–Kier alpha value is -2.54. The van der Waals surface area contributed by atoms with Crippen LogP contribution in [-0.2, 0) is 9.59 Å². The lowest BCUT2D eigenvalue weighted by molar-refractivity contribution is -0.307. The molecule has 2 rings (SSSR count). The molecule has 0 unspecified atom stereocenters. The first-order chi connectivity index (χ1) is 12.4. The molecular formula is C19H20NO5S-. The summed E-state index contributed by atoms with van der Waals surface area (Å²) < 4.78 is 5.15. The van der Waals surface area contributed by atoms with E-state index in [-0.39, 0.29) is 29.0 Å². The molecule has 1 heterocycles. The van der Waals surface area contributed by atoms with Gasteiger partial charge in [0.05, 0.1) is 18.3 Å². The van der Waals surface area contributed by atoms with Gasteiger partial charge in [0.25, 0.3) is 0 Å². The number of hydrogen-bond acceptors (Lipinski definition) is 6. The molecule has 0 saturated heterocycles. The van der Waals surface area contributed by atoms with Gasteiger partial charge in [0, 0.05) is 24.3 Å². The van der Waals surface area contributed by atoms with Gasteiger partial charge in [0.1, 0.15) is 0 Å². The number of hydrogen-bond donors (Lipinski definition) is 1. The van der Waals surface area contributed by atoms with E-state index in [9.17, 15) is 19.5 Å². The molecule has 0 aliphatic rings. The van der Waals surface area contributed by atoms with E-state index in [1.807, 2.05) is 31.2 Å². The second-order valence-electron chi connectivity index (χ2n) is 5.91. The molecule has 0 saturated carbocycles. The van der Waals surface area contributed by atoms with Gasteiger partial charge >= 0.3 is 0 Å². The zero-order valence-corrected chi connectivity index (χ0v) is 15.4. The Morgan fingerprint density at radius 2 is 1.88 bits per heavy atom. The Bertz CT molecular complexity index is 755. The molecule has 0 fully saturated rings. The Labute approximate surface area is 156 Å². The van der Waals surface area contributed by atoms with E-state index in [0.29, 0.717) is 0 Å². The number of amides is 1. The van der Waals surface area contributed by atoms with E-state index in [1.165, 1.54) is 24.9 Å². The predicted molar refractivity (Wildman–Crippen MR) is 96.6 cm³/mol. The number of Topliss-reactive ketones (excluding diaryl/α,β-unsaturated/α-hetero) is 1. The molecule has 1 amide bonds. The van der Waals surface area contributed by atoms with E-state index < -0.39 is 17.9 Å². The lowest BCUT2D eigenvalue weighted by atomic mass is 10.0. The van der Waals surface area contributed by atoms with Crippen LogP contribution in [-0.4, -0.2) is 29.5 Å². The summed E-state index contributed by atoms with van der Waals surface area (Å²) in [4.78, 5) is 34.8. The van der Waals surface area contributed by atoms with Crippen molar-refractivity contribution in [2.24, 2.45) is 0 Å². The topological polar surface area (TPSA) is 99.4 Å². The Morgan fingerprint density at radius 3 is 2.42 bits per heavy atom. The molecule has 0 radical (unpaired) electrons. The van der Waals surface area contributed by atoms with Gasteiger partial charge in [-0.25, -0.2) is 0 Å². The average molecular weight is 374 g/mol. The van der Waals surface area contributed by atoms with Crippen LogP contribution in [0.25, 0.3) is 0 Å². The van der Waals surface area contributed by atoms with Crippen molar-refractivity contribution in [1.29, 1.82) is 0 Å². The fourth-order valence-corrected chi connectivity index (χ4v) is 3.65. The monoisotopic (exact) mass is 374 g/mol. The number of benzene rings is 1. The number of aliphatic carboxylic acids is 1. The van der Waals surface area contributed by atoms with Gasteiger partial charge in [-0.05, 0) is 24.6 Å². The minimum absolute atomic E-state index is 0.0892. The highest BCUT2D eigenvalue weighted by Gasteiger charge is 2.22. The molecule has 7 heteroatoms. The molecule has 2 atom stereocenters. The molecule has 0 aliphatic carbocycles. The largest absolute Gasteiger partial charge is 0.548 e. The van der Waals surface area contributed by atoms with E-state index in [0.717, 1.165) is 11.1 Å². The standard InChI is InChI=1S/C19H21NO5S/c1-12-5-7-14(8-6-12)18(10-16(22)17-4-3-9-25-17)26-11-15(19(23)24)20-13(2)21/h3-9,15,18H,10-11H2,1-2H3,(H,20,21)(H,23,24)/p-1/t15-,18+/m1/s1.